The molecule has 1 saturated heterocycles. The van der Waals surface area contributed by atoms with Crippen LogP contribution in [0.25, 0.3) is 0 Å². The smallest absolute Gasteiger partial charge is 0.255 e. The number of piperidine rings is 1. The van der Waals surface area contributed by atoms with E-state index < -0.39 is 5.92 Å². The SMILES string of the molecule is CC(=O)N1CCC(C=Nc2ccc(C(=O)N3CCC(F)(F)CC3)cn2)=C(N)C1. The molecule has 7 nitrogen and oxygen atoms in total. The Balaban J connectivity index is 1.62. The minimum atomic E-state index is -2.69. The lowest BCUT2D eigenvalue weighted by molar-refractivity contribution is -0.128. The molecule has 9 heteroatoms. The largest absolute Gasteiger partial charge is 0.400 e. The number of aliphatic imine (C=N–C) groups is 1. The van der Waals surface area contributed by atoms with E-state index >= 15 is 0 Å². The van der Waals surface area contributed by atoms with Gasteiger partial charge >= 0.3 is 0 Å². The van der Waals surface area contributed by atoms with Crippen LogP contribution in [0.2, 0.25) is 0 Å². The quantitative estimate of drug-likeness (QED) is 0.799. The third-order valence-electron chi connectivity index (χ3n) is 5.00. The van der Waals surface area contributed by atoms with Gasteiger partial charge in [0.05, 0.1) is 12.1 Å². The zero-order valence-corrected chi connectivity index (χ0v) is 15.7. The summed E-state index contributed by atoms with van der Waals surface area (Å²) in [5.41, 5.74) is 7.80. The normalized spacial score (nSPS) is 20.0. The van der Waals surface area contributed by atoms with Crippen molar-refractivity contribution in [3.8, 4) is 0 Å². The van der Waals surface area contributed by atoms with E-state index in [0.717, 1.165) is 5.57 Å². The van der Waals surface area contributed by atoms with E-state index in [4.69, 9.17) is 5.73 Å². The molecule has 28 heavy (non-hydrogen) atoms. The van der Waals surface area contributed by atoms with Crippen LogP contribution in [0, 0.1) is 0 Å². The van der Waals surface area contributed by atoms with Crippen molar-refractivity contribution in [3.63, 3.8) is 0 Å². The van der Waals surface area contributed by atoms with Gasteiger partial charge in [-0.2, -0.15) is 0 Å². The second kappa shape index (κ2) is 8.04. The first-order chi connectivity index (χ1) is 13.2. The van der Waals surface area contributed by atoms with E-state index in [2.05, 4.69) is 9.98 Å². The van der Waals surface area contributed by atoms with Gasteiger partial charge in [0.1, 0.15) is 0 Å². The van der Waals surface area contributed by atoms with Gasteiger partial charge in [0.2, 0.25) is 5.91 Å². The minimum absolute atomic E-state index is 0.0155. The molecule has 0 aliphatic carbocycles. The summed E-state index contributed by atoms with van der Waals surface area (Å²) in [6, 6.07) is 3.19. The molecular formula is C19H23F2N5O2. The lowest BCUT2D eigenvalue weighted by Crippen LogP contribution is -2.42. The number of hydrogen-bond donors (Lipinski definition) is 1. The molecule has 2 aliphatic heterocycles. The number of alkyl halides is 2. The number of likely N-dealkylation sites (tertiary alicyclic amines) is 1. The van der Waals surface area contributed by atoms with E-state index in [0.29, 0.717) is 36.6 Å². The molecule has 0 atom stereocenters. The predicted molar refractivity (Wildman–Crippen MR) is 101 cm³/mol. The molecule has 2 aliphatic rings. The monoisotopic (exact) mass is 391 g/mol. The number of rotatable bonds is 3. The van der Waals surface area contributed by atoms with E-state index in [1.165, 1.54) is 18.0 Å². The molecule has 3 heterocycles. The Kier molecular flexibility index (Phi) is 5.71. The first-order valence-electron chi connectivity index (χ1n) is 9.15. The maximum atomic E-state index is 13.2. The predicted octanol–water partition coefficient (Wildman–Crippen LogP) is 2.12. The number of aromatic nitrogens is 1. The summed E-state index contributed by atoms with van der Waals surface area (Å²) in [7, 11) is 0. The van der Waals surface area contributed by atoms with Crippen LogP contribution in [0.15, 0.2) is 34.6 Å². The van der Waals surface area contributed by atoms with Crippen molar-refractivity contribution in [1.82, 2.24) is 14.8 Å². The average Bonchev–Trinajstić information content (AvgIpc) is 2.67. The van der Waals surface area contributed by atoms with Crippen molar-refractivity contribution in [2.24, 2.45) is 10.7 Å². The van der Waals surface area contributed by atoms with Gasteiger partial charge in [0, 0.05) is 57.5 Å². The van der Waals surface area contributed by atoms with Crippen LogP contribution in [0.4, 0.5) is 14.6 Å². The first kappa shape index (κ1) is 19.9. The number of carbonyl (C=O) groups excluding carboxylic acids is 2. The van der Waals surface area contributed by atoms with Gasteiger partial charge in [-0.05, 0) is 24.1 Å². The molecule has 0 radical (unpaired) electrons. The Bertz CT molecular complexity index is 810. The third-order valence-corrected chi connectivity index (χ3v) is 5.00. The fourth-order valence-corrected chi connectivity index (χ4v) is 3.17. The van der Waals surface area contributed by atoms with Crippen molar-refractivity contribution < 1.29 is 18.4 Å². The Labute approximate surface area is 161 Å². The molecule has 150 valence electrons. The second-order valence-corrected chi connectivity index (χ2v) is 7.05. The van der Waals surface area contributed by atoms with Crippen molar-refractivity contribution in [1.29, 1.82) is 0 Å². The summed E-state index contributed by atoms with van der Waals surface area (Å²) in [6.45, 7) is 2.56. The molecule has 0 aromatic carbocycles. The Morgan fingerprint density at radius 2 is 1.93 bits per heavy atom. The van der Waals surface area contributed by atoms with E-state index in [9.17, 15) is 18.4 Å². The second-order valence-electron chi connectivity index (χ2n) is 7.05. The Morgan fingerprint density at radius 3 is 2.50 bits per heavy atom. The van der Waals surface area contributed by atoms with Crippen LogP contribution in [0.3, 0.4) is 0 Å². The van der Waals surface area contributed by atoms with Crippen LogP contribution in [0.5, 0.6) is 0 Å². The fraction of sp³-hybridized carbons (Fsp3) is 0.474. The van der Waals surface area contributed by atoms with Crippen LogP contribution >= 0.6 is 0 Å². The van der Waals surface area contributed by atoms with Gasteiger partial charge in [-0.1, -0.05) is 0 Å². The number of halogens is 2. The van der Waals surface area contributed by atoms with Gasteiger partial charge in [-0.25, -0.2) is 18.8 Å². The van der Waals surface area contributed by atoms with E-state index in [1.54, 1.807) is 23.2 Å². The first-order valence-corrected chi connectivity index (χ1v) is 9.15. The molecule has 0 bridgehead atoms. The highest BCUT2D eigenvalue weighted by Crippen LogP contribution is 2.28. The Morgan fingerprint density at radius 1 is 1.21 bits per heavy atom. The molecule has 0 spiro atoms. The topological polar surface area (TPSA) is 91.9 Å². The van der Waals surface area contributed by atoms with Crippen LogP contribution < -0.4 is 5.73 Å². The summed E-state index contributed by atoms with van der Waals surface area (Å²) in [6.07, 6.45) is 3.02. The molecule has 1 aromatic rings. The van der Waals surface area contributed by atoms with E-state index in [1.807, 2.05) is 0 Å². The molecule has 2 N–H and O–H groups in total. The number of amides is 2. The van der Waals surface area contributed by atoms with Gasteiger partial charge < -0.3 is 15.5 Å². The van der Waals surface area contributed by atoms with Crippen molar-refractivity contribution in [3.05, 3.63) is 35.2 Å². The van der Waals surface area contributed by atoms with Gasteiger partial charge in [0.25, 0.3) is 11.8 Å². The molecule has 0 saturated carbocycles. The summed E-state index contributed by atoms with van der Waals surface area (Å²) in [5, 5.41) is 0. The van der Waals surface area contributed by atoms with Crippen molar-refractivity contribution in [2.75, 3.05) is 26.2 Å². The van der Waals surface area contributed by atoms with Gasteiger partial charge in [0.15, 0.2) is 5.82 Å². The summed E-state index contributed by atoms with van der Waals surface area (Å²) in [5.74, 6) is -2.60. The zero-order valence-electron chi connectivity index (χ0n) is 15.7. The van der Waals surface area contributed by atoms with Crippen LogP contribution in [-0.2, 0) is 4.79 Å². The van der Waals surface area contributed by atoms with E-state index in [-0.39, 0.29) is 37.7 Å². The highest BCUT2D eigenvalue weighted by atomic mass is 19.3. The molecule has 1 aromatic heterocycles. The highest BCUT2D eigenvalue weighted by molar-refractivity contribution is 5.94. The fourth-order valence-electron chi connectivity index (χ4n) is 3.17. The molecular weight excluding hydrogens is 368 g/mol. The summed E-state index contributed by atoms with van der Waals surface area (Å²) in [4.78, 5) is 35.3. The molecule has 0 unspecified atom stereocenters. The van der Waals surface area contributed by atoms with Gasteiger partial charge in [-0.15, -0.1) is 0 Å². The van der Waals surface area contributed by atoms with Crippen LogP contribution in [0.1, 0.15) is 36.5 Å². The number of pyridine rings is 1. The maximum Gasteiger partial charge on any atom is 0.255 e. The summed E-state index contributed by atoms with van der Waals surface area (Å²) >= 11 is 0. The third kappa shape index (κ3) is 4.71. The average molecular weight is 391 g/mol. The molecule has 2 amide bonds. The number of carbonyl (C=O) groups is 2. The summed E-state index contributed by atoms with van der Waals surface area (Å²) < 4.78 is 26.5. The number of nitrogens with zero attached hydrogens (tertiary/aromatic N) is 4. The number of hydrogen-bond acceptors (Lipinski definition) is 5. The Hall–Kier alpha value is -2.84. The van der Waals surface area contributed by atoms with Crippen molar-refractivity contribution in [2.45, 2.75) is 32.1 Å². The molecule has 3 rings (SSSR count). The zero-order chi connectivity index (χ0) is 20.3. The lowest BCUT2D eigenvalue weighted by Gasteiger charge is -2.31. The standard InChI is InChI=1S/C19H23F2N5O2/c1-13(27)26-7-4-14(16(22)12-26)10-23-17-3-2-15(11-24-17)18(28)25-8-5-19(20,21)6-9-25/h2-3,10-11H,4-9,12,22H2,1H3. The number of nitrogens with two attached hydrogens (primary N) is 1. The lowest BCUT2D eigenvalue weighted by atomic mass is 10.1. The minimum Gasteiger partial charge on any atom is -0.400 e. The molecule has 1 fully saturated rings. The highest BCUT2D eigenvalue weighted by Gasteiger charge is 2.35. The van der Waals surface area contributed by atoms with Crippen LogP contribution in [-0.4, -0.2) is 64.9 Å². The van der Waals surface area contributed by atoms with Gasteiger partial charge in [-0.3, -0.25) is 9.59 Å². The maximum absolute atomic E-state index is 13.2. The van der Waals surface area contributed by atoms with Crippen molar-refractivity contribution >= 4 is 23.8 Å².